The van der Waals surface area contributed by atoms with Crippen molar-refractivity contribution in [1.29, 1.82) is 0 Å². The fourth-order valence-corrected chi connectivity index (χ4v) is 25.9. The summed E-state index contributed by atoms with van der Waals surface area (Å²) in [7, 11) is 0. The summed E-state index contributed by atoms with van der Waals surface area (Å²) in [6, 6.07) is 0. The molecule has 1 heteroatoms. The van der Waals surface area contributed by atoms with Crippen LogP contribution in [0.4, 0.5) is 0 Å². The van der Waals surface area contributed by atoms with Gasteiger partial charge >= 0.3 is 0 Å². The molecule has 280 valence electrons. The predicted molar refractivity (Wildman–Crippen MR) is 284 cm³/mol. The molecule has 28 aromatic rings. The highest BCUT2D eigenvalue weighted by atomic mass is 16.1. The third-order valence-electron chi connectivity index (χ3n) is 25.7. The molecule has 0 saturated heterocycles. The van der Waals surface area contributed by atoms with Crippen molar-refractivity contribution in [3.63, 3.8) is 0 Å². The minimum absolute atomic E-state index is 0.0703. The molecule has 2 atom stereocenters. The molecule has 35 rings (SSSR count). The first-order valence-electron chi connectivity index (χ1n) is 25.5. The van der Waals surface area contributed by atoms with Gasteiger partial charge in [-0.1, -0.05) is 18.2 Å². The Morgan fingerprint density at radius 3 is 0.588 bits per heavy atom. The van der Waals surface area contributed by atoms with Gasteiger partial charge in [0.25, 0.3) is 0 Å². The van der Waals surface area contributed by atoms with Gasteiger partial charge in [0.15, 0.2) is 5.78 Å². The van der Waals surface area contributed by atoms with Crippen molar-refractivity contribution in [3.8, 4) is 0 Å². The summed E-state index contributed by atoms with van der Waals surface area (Å²) >= 11 is 0. The maximum Gasteiger partial charge on any atom is 0.163 e. The monoisotopic (exact) mass is 826 g/mol. The Kier molecular flexibility index (Phi) is 1.92. The van der Waals surface area contributed by atoms with E-state index in [0.29, 0.717) is 5.78 Å². The van der Waals surface area contributed by atoms with Crippen LogP contribution in [0.2, 0.25) is 0 Å². The van der Waals surface area contributed by atoms with Crippen LogP contribution in [0.3, 0.4) is 0 Å². The van der Waals surface area contributed by atoms with E-state index in [-0.39, 0.29) is 11.8 Å². The van der Waals surface area contributed by atoms with Crippen molar-refractivity contribution in [1.82, 2.24) is 0 Å². The van der Waals surface area contributed by atoms with Gasteiger partial charge in [-0.05, 0) is 319 Å². The number of benzene rings is 18. The average Bonchev–Trinajstić information content (AvgIpc) is 4.22. The van der Waals surface area contributed by atoms with Crippen molar-refractivity contribution in [2.24, 2.45) is 11.8 Å². The topological polar surface area (TPSA) is 17.1 Å². The molecule has 0 unspecified atom stereocenters. The minimum Gasteiger partial charge on any atom is -0.294 e. The predicted octanol–water partition coefficient (Wildman–Crippen LogP) is 17.2. The largest absolute Gasteiger partial charge is 0.294 e. The number of fused-ring (bicyclic) bond motifs is 1. The average molecular weight is 827 g/mol. The highest BCUT2D eigenvalue weighted by Gasteiger charge is 2.75. The van der Waals surface area contributed by atoms with Gasteiger partial charge in [-0.15, -0.1) is 0 Å². The summed E-state index contributed by atoms with van der Waals surface area (Å²) in [4.78, 5) is 15.9. The summed E-state index contributed by atoms with van der Waals surface area (Å²) in [6.45, 7) is 0. The Balaban J connectivity index is 1.24. The Morgan fingerprint density at radius 2 is 0.382 bits per heavy atom. The van der Waals surface area contributed by atoms with Gasteiger partial charge in [-0.3, -0.25) is 4.79 Å². The van der Waals surface area contributed by atoms with Gasteiger partial charge in [0.05, 0.1) is 11.3 Å². The number of ketones is 1. The molecule has 68 heavy (non-hydrogen) atoms. The number of carbonyl (C=O) groups is 1. The normalized spacial score (nSPS) is 25.7. The first-order chi connectivity index (χ1) is 33.9. The second-order valence-corrected chi connectivity index (χ2v) is 25.5. The summed E-state index contributed by atoms with van der Waals surface area (Å²) < 4.78 is 0. The quantitative estimate of drug-likeness (QED) is 0.110. The molecule has 2 spiro atoms. The van der Waals surface area contributed by atoms with Gasteiger partial charge in [-0.2, -0.15) is 0 Å². The van der Waals surface area contributed by atoms with E-state index in [1.54, 1.807) is 313 Å². The molecule has 0 aliphatic heterocycles. The molecule has 7 aliphatic rings. The van der Waals surface area contributed by atoms with E-state index in [9.17, 15) is 0 Å². The maximum absolute atomic E-state index is 15.9. The number of allylic oxidation sites excluding steroid dienone is 4. The van der Waals surface area contributed by atoms with Crippen molar-refractivity contribution >= 4 is 297 Å². The lowest BCUT2D eigenvalue weighted by atomic mass is 9.40. The maximum atomic E-state index is 15.9. The van der Waals surface area contributed by atoms with E-state index < -0.39 is 10.8 Å². The molecular formula is C67H6O. The summed E-state index contributed by atoms with van der Waals surface area (Å²) in [5, 5.41) is 87.3. The van der Waals surface area contributed by atoms with Crippen molar-refractivity contribution in [2.75, 3.05) is 0 Å². The summed E-state index contributed by atoms with van der Waals surface area (Å²) in [5.74, 6) is 0.132. The Bertz CT molecular complexity index is 7110. The molecule has 0 heterocycles. The van der Waals surface area contributed by atoms with Gasteiger partial charge < -0.3 is 0 Å². The lowest BCUT2D eigenvalue weighted by molar-refractivity contribution is -0.118. The lowest BCUT2D eigenvalue weighted by Crippen LogP contribution is -2.61. The fourth-order valence-electron chi connectivity index (χ4n) is 25.9. The van der Waals surface area contributed by atoms with Crippen LogP contribution >= 0.6 is 0 Å². The van der Waals surface area contributed by atoms with E-state index >= 15 is 4.79 Å². The third kappa shape index (κ3) is 1.21. The van der Waals surface area contributed by atoms with Crippen molar-refractivity contribution in [3.05, 3.63) is 46.6 Å². The SMILES string of the molecule is O=C1C=C[C@@H]2C=C[C@H]1C13c4c5c6c7c8c9c(c%10c%11c1c1c4c4c%12c5c5c6c6c8c8c%13c9c9c%10c%10c%11c%11c1c1c4c4c%12c%12c5c5c6c8c6c8c%13c9c9c%10c%10c%11c1c1c4c4c%12c5c6c5c8c9c%10c1c45)C723. The van der Waals surface area contributed by atoms with E-state index in [4.69, 9.17) is 0 Å². The highest BCUT2D eigenvalue weighted by Crippen LogP contribution is 2.87. The first kappa shape index (κ1) is 24.4. The Morgan fingerprint density at radius 1 is 0.206 bits per heavy atom. The van der Waals surface area contributed by atoms with Crippen LogP contribution in [0.25, 0.3) is 291 Å². The first-order valence-corrected chi connectivity index (χ1v) is 25.5. The standard InChI is InChI=1S/C67H6O/c68-7-4-2-5-1-3-6(7)67-64-58-52-42-34-24-16-12-9-8-10-14(16)22-30(24)44(52)50-40-32(22)26-18(10)19-11(8)15-17-13(9)21-20(12)28(34)38-39-29(21)35-25(17)31-23(15)33-27(19)37-36(26)46(40)54-55-47(37)41(33)51-45(31)53-43(35)49(39)61(60(64)48(38)42)65(67)59(53)57(51)63(55)66(5,67)62(54)56(50)58/h1-6H/t5-,6+,66?,67?/m0/s1. The van der Waals surface area contributed by atoms with Gasteiger partial charge in [0.2, 0.25) is 0 Å². The Hall–Kier alpha value is -8.39. The van der Waals surface area contributed by atoms with Crippen LogP contribution < -0.4 is 0 Å². The second-order valence-electron chi connectivity index (χ2n) is 25.5. The van der Waals surface area contributed by atoms with Crippen LogP contribution in [0.1, 0.15) is 22.3 Å². The molecule has 0 amide bonds. The number of hydrogen-bond donors (Lipinski definition) is 0. The van der Waals surface area contributed by atoms with E-state index in [2.05, 4.69) is 24.3 Å². The molecule has 1 nitrogen and oxygen atoms in total. The van der Waals surface area contributed by atoms with Crippen molar-refractivity contribution in [2.45, 2.75) is 10.8 Å². The molecule has 0 radical (unpaired) electrons. The van der Waals surface area contributed by atoms with Gasteiger partial charge in [-0.25, -0.2) is 0 Å². The zero-order valence-electron chi connectivity index (χ0n) is 34.4. The molecule has 0 saturated carbocycles. The third-order valence-corrected chi connectivity index (χ3v) is 25.7. The van der Waals surface area contributed by atoms with Crippen molar-refractivity contribution < 1.29 is 4.79 Å². The molecule has 2 bridgehead atoms. The van der Waals surface area contributed by atoms with Crippen LogP contribution in [0.15, 0.2) is 24.3 Å². The van der Waals surface area contributed by atoms with Gasteiger partial charge in [0, 0.05) is 11.3 Å². The molecule has 7 aliphatic carbocycles. The van der Waals surface area contributed by atoms with Crippen LogP contribution in [-0.2, 0) is 15.6 Å². The zero-order chi connectivity index (χ0) is 40.0. The van der Waals surface area contributed by atoms with E-state index in [1.165, 1.54) is 0 Å². The number of carbonyl (C=O) groups excluding carboxylic acids is 1. The molecular weight excluding hydrogens is 821 g/mol. The second kappa shape index (κ2) is 5.35. The van der Waals surface area contributed by atoms with E-state index in [0.717, 1.165) is 0 Å². The lowest BCUT2D eigenvalue weighted by Gasteiger charge is -2.60. The molecule has 0 fully saturated rings. The summed E-state index contributed by atoms with van der Waals surface area (Å²) in [6.07, 6.45) is 9.63. The van der Waals surface area contributed by atoms with Crippen LogP contribution in [0.5, 0.6) is 0 Å². The van der Waals surface area contributed by atoms with E-state index in [1.807, 2.05) is 0 Å². The smallest absolute Gasteiger partial charge is 0.163 e. The summed E-state index contributed by atoms with van der Waals surface area (Å²) in [5.41, 5.74) is 5.55. The van der Waals surface area contributed by atoms with Gasteiger partial charge in [0.1, 0.15) is 0 Å². The zero-order valence-corrected chi connectivity index (χ0v) is 34.4. The van der Waals surface area contributed by atoms with Crippen LogP contribution in [0, 0.1) is 11.8 Å². The minimum atomic E-state index is -0.543. The molecule has 0 aromatic heterocycles. The Labute approximate surface area is 368 Å². The fraction of sp³-hybridized carbons (Fsp3) is 0.0597. The number of hydrogen-bond acceptors (Lipinski definition) is 1. The van der Waals surface area contributed by atoms with Crippen LogP contribution in [-0.4, -0.2) is 5.78 Å². The highest BCUT2D eigenvalue weighted by molar-refractivity contribution is 6.82. The number of rotatable bonds is 0. The molecule has 28 aromatic carbocycles. The molecule has 0 N–H and O–H groups in total.